The van der Waals surface area contributed by atoms with Gasteiger partial charge in [0.25, 0.3) is 5.56 Å². The van der Waals surface area contributed by atoms with Crippen molar-refractivity contribution in [1.82, 2.24) is 14.5 Å². The highest BCUT2D eigenvalue weighted by Crippen LogP contribution is 2.19. The van der Waals surface area contributed by atoms with Gasteiger partial charge in [-0.15, -0.1) is 0 Å². The van der Waals surface area contributed by atoms with E-state index in [1.54, 1.807) is 12.1 Å². The fourth-order valence-electron chi connectivity index (χ4n) is 3.74. The first kappa shape index (κ1) is 18.8. The van der Waals surface area contributed by atoms with Crippen LogP contribution in [-0.2, 0) is 6.54 Å². The fraction of sp³-hybridized carbons (Fsp3) is 0.333. The number of aromatic amines is 1. The lowest BCUT2D eigenvalue weighted by molar-refractivity contribution is 0.249. The number of nitrogens with zero attached hydrogens (tertiary/aromatic N) is 3. The number of nitrogens with one attached hydrogen (secondary N) is 1. The summed E-state index contributed by atoms with van der Waals surface area (Å²) in [7, 11) is 0. The molecule has 2 aromatic carbocycles. The van der Waals surface area contributed by atoms with Gasteiger partial charge in [0.15, 0.2) is 0 Å². The van der Waals surface area contributed by atoms with Crippen molar-refractivity contribution >= 4 is 28.2 Å². The Bertz CT molecular complexity index is 1070. The summed E-state index contributed by atoms with van der Waals surface area (Å²) in [5.41, 5.74) is 1.23. The molecule has 7 heteroatoms. The van der Waals surface area contributed by atoms with Crippen molar-refractivity contribution < 1.29 is 0 Å². The molecule has 28 heavy (non-hydrogen) atoms. The summed E-state index contributed by atoms with van der Waals surface area (Å²) in [6.45, 7) is 5.14. The molecule has 0 radical (unpaired) electrons. The molecule has 0 amide bonds. The number of para-hydroxylation sites is 1. The third-order valence-electron chi connectivity index (χ3n) is 5.31. The number of piperazine rings is 1. The van der Waals surface area contributed by atoms with Gasteiger partial charge in [-0.3, -0.25) is 14.3 Å². The van der Waals surface area contributed by atoms with Gasteiger partial charge in [-0.25, -0.2) is 4.79 Å². The van der Waals surface area contributed by atoms with Crippen molar-refractivity contribution in [3.05, 3.63) is 74.4 Å². The molecular formula is C21H23ClN4O2. The van der Waals surface area contributed by atoms with E-state index < -0.39 is 0 Å². The van der Waals surface area contributed by atoms with Crippen LogP contribution in [0.25, 0.3) is 10.9 Å². The highest BCUT2D eigenvalue weighted by molar-refractivity contribution is 6.30. The molecule has 0 atom stereocenters. The van der Waals surface area contributed by atoms with Crippen molar-refractivity contribution in [1.29, 1.82) is 0 Å². The van der Waals surface area contributed by atoms with E-state index in [-0.39, 0.29) is 11.2 Å². The molecule has 146 valence electrons. The normalized spacial score (nSPS) is 15.2. The largest absolute Gasteiger partial charge is 0.369 e. The monoisotopic (exact) mass is 398 g/mol. The Morgan fingerprint density at radius 1 is 0.893 bits per heavy atom. The molecule has 0 spiro atoms. The maximum absolute atomic E-state index is 12.6. The Morgan fingerprint density at radius 3 is 2.36 bits per heavy atom. The molecule has 0 saturated carbocycles. The molecule has 4 rings (SSSR count). The van der Waals surface area contributed by atoms with Crippen LogP contribution in [0.3, 0.4) is 0 Å². The lowest BCUT2D eigenvalue weighted by atomic mass is 10.2. The van der Waals surface area contributed by atoms with Gasteiger partial charge in [-0.05, 0) is 49.4 Å². The topological polar surface area (TPSA) is 61.3 Å². The molecule has 2 heterocycles. The molecule has 0 bridgehead atoms. The molecule has 6 nitrogen and oxygen atoms in total. The lowest BCUT2D eigenvalue weighted by Gasteiger charge is -2.36. The molecule has 1 fully saturated rings. The summed E-state index contributed by atoms with van der Waals surface area (Å²) >= 11 is 5.96. The fourth-order valence-corrected chi connectivity index (χ4v) is 3.86. The van der Waals surface area contributed by atoms with E-state index in [0.717, 1.165) is 44.2 Å². The van der Waals surface area contributed by atoms with Crippen LogP contribution < -0.4 is 16.1 Å². The zero-order chi connectivity index (χ0) is 19.5. The van der Waals surface area contributed by atoms with Crippen LogP contribution in [0.2, 0.25) is 5.02 Å². The average Bonchev–Trinajstić information content (AvgIpc) is 2.71. The van der Waals surface area contributed by atoms with Gasteiger partial charge in [0, 0.05) is 43.4 Å². The minimum absolute atomic E-state index is 0.216. The number of benzene rings is 2. The number of H-pyrrole nitrogens is 1. The van der Waals surface area contributed by atoms with Crippen LogP contribution in [0, 0.1) is 0 Å². The van der Waals surface area contributed by atoms with Crippen molar-refractivity contribution in [2.45, 2.75) is 13.0 Å². The van der Waals surface area contributed by atoms with Crippen LogP contribution >= 0.6 is 11.6 Å². The third-order valence-corrected chi connectivity index (χ3v) is 5.56. The highest BCUT2D eigenvalue weighted by Gasteiger charge is 2.17. The molecule has 0 unspecified atom stereocenters. The summed E-state index contributed by atoms with van der Waals surface area (Å²) < 4.78 is 1.31. The summed E-state index contributed by atoms with van der Waals surface area (Å²) in [6, 6.07) is 15.1. The van der Waals surface area contributed by atoms with Crippen LogP contribution in [0.5, 0.6) is 0 Å². The van der Waals surface area contributed by atoms with E-state index in [9.17, 15) is 9.59 Å². The number of aromatic nitrogens is 2. The van der Waals surface area contributed by atoms with E-state index in [1.165, 1.54) is 10.3 Å². The first-order valence-corrected chi connectivity index (χ1v) is 9.94. The van der Waals surface area contributed by atoms with Gasteiger partial charge in [-0.1, -0.05) is 23.7 Å². The summed E-state index contributed by atoms with van der Waals surface area (Å²) in [5.74, 6) is 0. The molecule has 1 saturated heterocycles. The maximum atomic E-state index is 12.6. The quantitative estimate of drug-likeness (QED) is 0.717. The minimum atomic E-state index is -0.337. The number of hydrogen-bond acceptors (Lipinski definition) is 4. The number of halogens is 1. The van der Waals surface area contributed by atoms with E-state index in [0.29, 0.717) is 17.4 Å². The molecule has 1 aliphatic rings. The molecule has 0 aliphatic carbocycles. The van der Waals surface area contributed by atoms with E-state index in [1.807, 2.05) is 24.3 Å². The van der Waals surface area contributed by atoms with Crippen LogP contribution in [0.15, 0.2) is 58.1 Å². The summed E-state index contributed by atoms with van der Waals surface area (Å²) in [6.07, 6.45) is 0.766. The van der Waals surface area contributed by atoms with E-state index in [4.69, 9.17) is 11.6 Å². The molecule has 1 aromatic heterocycles. The standard InChI is InChI=1S/C21H23ClN4O2/c22-16-6-8-17(9-7-16)25-14-12-24(13-15-25)10-3-11-26-20(27)18-4-1-2-5-19(18)23-21(26)28/h1-2,4-9H,3,10-15H2,(H,23,28). The summed E-state index contributed by atoms with van der Waals surface area (Å²) in [4.78, 5) is 32.3. The zero-order valence-corrected chi connectivity index (χ0v) is 16.4. The first-order chi connectivity index (χ1) is 13.6. The molecular weight excluding hydrogens is 376 g/mol. The molecule has 3 aromatic rings. The van der Waals surface area contributed by atoms with E-state index in [2.05, 4.69) is 26.9 Å². The van der Waals surface area contributed by atoms with Crippen molar-refractivity contribution in [2.24, 2.45) is 0 Å². The Morgan fingerprint density at radius 2 is 1.61 bits per heavy atom. The number of hydrogen-bond donors (Lipinski definition) is 1. The average molecular weight is 399 g/mol. The molecule has 1 N–H and O–H groups in total. The number of anilines is 1. The Kier molecular flexibility index (Phi) is 5.50. The SMILES string of the molecule is O=c1[nH]c2ccccc2c(=O)n1CCCN1CCN(c2ccc(Cl)cc2)CC1. The highest BCUT2D eigenvalue weighted by atomic mass is 35.5. The van der Waals surface area contributed by atoms with Crippen molar-refractivity contribution in [2.75, 3.05) is 37.6 Å². The van der Waals surface area contributed by atoms with Crippen LogP contribution in [-0.4, -0.2) is 47.2 Å². The Hall–Kier alpha value is -2.57. The van der Waals surface area contributed by atoms with Crippen LogP contribution in [0.1, 0.15) is 6.42 Å². The van der Waals surface area contributed by atoms with Crippen molar-refractivity contribution in [3.63, 3.8) is 0 Å². The second-order valence-corrected chi connectivity index (χ2v) is 7.53. The lowest BCUT2D eigenvalue weighted by Crippen LogP contribution is -2.47. The summed E-state index contributed by atoms with van der Waals surface area (Å²) in [5, 5.41) is 1.31. The molecule has 1 aliphatic heterocycles. The minimum Gasteiger partial charge on any atom is -0.369 e. The zero-order valence-electron chi connectivity index (χ0n) is 15.6. The van der Waals surface area contributed by atoms with Crippen LogP contribution in [0.4, 0.5) is 5.69 Å². The smallest absolute Gasteiger partial charge is 0.328 e. The van der Waals surface area contributed by atoms with Gasteiger partial charge in [0.1, 0.15) is 0 Å². The third kappa shape index (κ3) is 3.98. The van der Waals surface area contributed by atoms with Gasteiger partial charge < -0.3 is 9.88 Å². The maximum Gasteiger partial charge on any atom is 0.328 e. The number of fused-ring (bicyclic) bond motifs is 1. The second kappa shape index (κ2) is 8.20. The Labute approximate surface area is 168 Å². The Balaban J connectivity index is 1.33. The first-order valence-electron chi connectivity index (χ1n) is 9.56. The van der Waals surface area contributed by atoms with Gasteiger partial charge in [0.05, 0.1) is 10.9 Å². The predicted molar refractivity (Wildman–Crippen MR) is 114 cm³/mol. The van der Waals surface area contributed by atoms with Gasteiger partial charge in [-0.2, -0.15) is 0 Å². The van der Waals surface area contributed by atoms with Gasteiger partial charge in [0.2, 0.25) is 0 Å². The number of rotatable bonds is 5. The predicted octanol–water partition coefficient (Wildman–Crippen LogP) is 2.56. The second-order valence-electron chi connectivity index (χ2n) is 7.09. The van der Waals surface area contributed by atoms with E-state index >= 15 is 0 Å². The van der Waals surface area contributed by atoms with Gasteiger partial charge >= 0.3 is 5.69 Å². The van der Waals surface area contributed by atoms with Crippen molar-refractivity contribution in [3.8, 4) is 0 Å².